The highest BCUT2D eigenvalue weighted by Gasteiger charge is 2.77. The second kappa shape index (κ2) is 6.38. The van der Waals surface area contributed by atoms with Crippen LogP contribution in [0.5, 0.6) is 0 Å². The fourth-order valence-corrected chi connectivity index (χ4v) is 2.48. The number of rotatable bonds is 5. The van der Waals surface area contributed by atoms with Gasteiger partial charge in [-0.05, 0) is 0 Å². The molecular weight excluding hydrogens is 350 g/mol. The van der Waals surface area contributed by atoms with Crippen molar-refractivity contribution >= 4 is 23.7 Å². The molecule has 3 N–H and O–H groups in total. The van der Waals surface area contributed by atoms with E-state index in [1.807, 2.05) is 0 Å². The van der Waals surface area contributed by atoms with E-state index < -0.39 is 61.2 Å². The van der Waals surface area contributed by atoms with Gasteiger partial charge in [-0.25, -0.2) is 21.1 Å². The molecular formula is C13H11N7O6. The summed E-state index contributed by atoms with van der Waals surface area (Å²) < 4.78 is 0. The number of amides is 5. The Morgan fingerprint density at radius 2 is 1.62 bits per heavy atom. The van der Waals surface area contributed by atoms with Crippen molar-refractivity contribution in [2.45, 2.75) is 5.79 Å². The van der Waals surface area contributed by atoms with Crippen molar-refractivity contribution in [3.05, 3.63) is 34.5 Å². The van der Waals surface area contributed by atoms with Gasteiger partial charge < -0.3 is 15.3 Å². The van der Waals surface area contributed by atoms with Gasteiger partial charge in [0.1, 0.15) is 0 Å². The van der Waals surface area contributed by atoms with Gasteiger partial charge in [0.05, 0.1) is 35.3 Å². The number of aliphatic hydroxyl groups excluding tert-OH is 3. The van der Waals surface area contributed by atoms with E-state index in [0.29, 0.717) is 4.90 Å². The van der Waals surface area contributed by atoms with Crippen LogP contribution in [0, 0.1) is 25.1 Å². The number of aliphatic imine (C=N–C) groups is 1. The first-order valence-electron chi connectivity index (χ1n) is 6.87. The van der Waals surface area contributed by atoms with Crippen molar-refractivity contribution < 1.29 is 29.7 Å². The number of nitrogens with zero attached hydrogens (tertiary/aromatic N) is 7. The van der Waals surface area contributed by atoms with E-state index in [1.165, 1.54) is 0 Å². The molecule has 0 aromatic carbocycles. The minimum Gasteiger partial charge on any atom is -0.396 e. The Hall–Kier alpha value is -3.57. The summed E-state index contributed by atoms with van der Waals surface area (Å²) in [5.41, 5.74) is -2.51. The summed E-state index contributed by atoms with van der Waals surface area (Å²) in [5.74, 6) is -3.93. The molecule has 0 aromatic rings. The molecule has 2 heterocycles. The van der Waals surface area contributed by atoms with Crippen LogP contribution in [0.1, 0.15) is 0 Å². The molecule has 13 heteroatoms. The maximum Gasteiger partial charge on any atom is 0.510 e. The molecule has 134 valence electrons. The molecule has 5 amide bonds. The predicted molar refractivity (Wildman–Crippen MR) is 79.8 cm³/mol. The molecule has 0 saturated carbocycles. The highest BCUT2D eigenvalue weighted by Crippen LogP contribution is 2.38. The molecule has 2 aliphatic rings. The maximum atomic E-state index is 12.3. The minimum absolute atomic E-state index is 0.0333. The number of imide groups is 1. The fourth-order valence-electron chi connectivity index (χ4n) is 2.48. The molecule has 1 saturated heterocycles. The van der Waals surface area contributed by atoms with Gasteiger partial charge >= 0.3 is 23.8 Å². The van der Waals surface area contributed by atoms with Crippen LogP contribution in [0.3, 0.4) is 0 Å². The van der Waals surface area contributed by atoms with Crippen molar-refractivity contribution in [2.24, 2.45) is 10.4 Å². The van der Waals surface area contributed by atoms with Crippen LogP contribution in [-0.2, 0) is 4.79 Å². The third-order valence-corrected chi connectivity index (χ3v) is 4.04. The van der Waals surface area contributed by atoms with Crippen LogP contribution in [0.2, 0.25) is 0 Å². The van der Waals surface area contributed by atoms with Crippen LogP contribution >= 0.6 is 0 Å². The summed E-state index contributed by atoms with van der Waals surface area (Å²) >= 11 is 0. The molecule has 0 radical (unpaired) electrons. The average Bonchev–Trinajstić information content (AvgIpc) is 2.93. The van der Waals surface area contributed by atoms with Crippen molar-refractivity contribution in [1.29, 1.82) is 0 Å². The van der Waals surface area contributed by atoms with Gasteiger partial charge in [0.25, 0.3) is 5.71 Å². The summed E-state index contributed by atoms with van der Waals surface area (Å²) in [4.78, 5) is 49.4. The molecule has 0 bridgehead atoms. The first-order valence-corrected chi connectivity index (χ1v) is 6.87. The Kier molecular flexibility index (Phi) is 4.61. The molecule has 1 atom stereocenters. The highest BCUT2D eigenvalue weighted by atomic mass is 16.3. The van der Waals surface area contributed by atoms with Crippen LogP contribution in [0.15, 0.2) is 4.99 Å². The number of hydrogen-bond donors (Lipinski definition) is 3. The maximum absolute atomic E-state index is 12.3. The fraction of sp³-hybridized carbons (Fsp3) is 0.462. The Morgan fingerprint density at radius 3 is 2.04 bits per heavy atom. The number of carbonyl (C=O) groups excluding carboxylic acids is 3. The summed E-state index contributed by atoms with van der Waals surface area (Å²) in [6, 6.07) is -2.64. The number of aliphatic hydroxyl groups is 3. The van der Waals surface area contributed by atoms with E-state index in [1.54, 1.807) is 0 Å². The van der Waals surface area contributed by atoms with E-state index in [0.717, 1.165) is 0 Å². The quantitative estimate of drug-likeness (QED) is 0.499. The Bertz CT molecular complexity index is 821. The normalized spacial score (nSPS) is 22.5. The lowest BCUT2D eigenvalue weighted by molar-refractivity contribution is -0.122. The third kappa shape index (κ3) is 2.18. The van der Waals surface area contributed by atoms with E-state index >= 15 is 0 Å². The van der Waals surface area contributed by atoms with Crippen LogP contribution < -0.4 is 0 Å². The van der Waals surface area contributed by atoms with Crippen molar-refractivity contribution in [3.63, 3.8) is 0 Å². The highest BCUT2D eigenvalue weighted by molar-refractivity contribution is 6.49. The predicted octanol–water partition coefficient (Wildman–Crippen LogP) is -1.67. The topological polar surface area (TPSA) is 147 Å². The van der Waals surface area contributed by atoms with E-state index in [4.69, 9.17) is 19.7 Å². The number of urea groups is 2. The average molecular weight is 361 g/mol. The molecule has 0 spiro atoms. The molecule has 1 fully saturated rings. The van der Waals surface area contributed by atoms with Gasteiger partial charge in [0.15, 0.2) is 0 Å². The second-order valence-electron chi connectivity index (χ2n) is 5.46. The lowest BCUT2D eigenvalue weighted by Gasteiger charge is -2.36. The molecule has 13 nitrogen and oxygen atoms in total. The van der Waals surface area contributed by atoms with Crippen LogP contribution in [0.4, 0.5) is 9.59 Å². The SMILES string of the molecule is [C-]#[N+]N1C(=O)C2=NC(=O)N(CC(CO)(CO)CO)C2([N+]#[C-])N([N+]#[C-])C1=O. The molecule has 2 aliphatic heterocycles. The Balaban J connectivity index is 2.66. The van der Waals surface area contributed by atoms with Crippen LogP contribution in [0.25, 0.3) is 14.8 Å². The van der Waals surface area contributed by atoms with E-state index in [2.05, 4.69) is 19.7 Å². The zero-order chi connectivity index (χ0) is 19.7. The number of fused-ring (bicyclic) bond motifs is 1. The molecule has 1 unspecified atom stereocenters. The van der Waals surface area contributed by atoms with Crippen molar-refractivity contribution in [3.8, 4) is 0 Å². The third-order valence-electron chi connectivity index (χ3n) is 4.04. The smallest absolute Gasteiger partial charge is 0.396 e. The molecule has 0 aliphatic carbocycles. The summed E-state index contributed by atoms with van der Waals surface area (Å²) in [6.07, 6.45) is 0. The first kappa shape index (κ1) is 18.8. The van der Waals surface area contributed by atoms with Gasteiger partial charge in [-0.2, -0.15) is 18.1 Å². The van der Waals surface area contributed by atoms with E-state index in [9.17, 15) is 29.7 Å². The summed E-state index contributed by atoms with van der Waals surface area (Å²) in [7, 11) is 0. The van der Waals surface area contributed by atoms with Gasteiger partial charge in [0, 0.05) is 6.54 Å². The van der Waals surface area contributed by atoms with Crippen molar-refractivity contribution in [2.75, 3.05) is 26.4 Å². The van der Waals surface area contributed by atoms with Gasteiger partial charge in [0.2, 0.25) is 0 Å². The molecule has 26 heavy (non-hydrogen) atoms. The summed E-state index contributed by atoms with van der Waals surface area (Å²) in [5, 5.41) is 28.5. The lowest BCUT2D eigenvalue weighted by Crippen LogP contribution is -2.70. The van der Waals surface area contributed by atoms with Gasteiger partial charge in [-0.1, -0.05) is 0 Å². The number of hydrogen-bond acceptors (Lipinski definition) is 6. The Morgan fingerprint density at radius 1 is 1.04 bits per heavy atom. The van der Waals surface area contributed by atoms with E-state index in [-0.39, 0.29) is 10.0 Å². The van der Waals surface area contributed by atoms with Gasteiger partial charge in [-0.3, -0.25) is 9.64 Å². The summed E-state index contributed by atoms with van der Waals surface area (Å²) in [6.45, 7) is 18.4. The monoisotopic (exact) mass is 361 g/mol. The largest absolute Gasteiger partial charge is 0.510 e. The molecule has 0 aromatic heterocycles. The lowest BCUT2D eigenvalue weighted by atomic mass is 9.89. The zero-order valence-corrected chi connectivity index (χ0v) is 13.0. The standard InChI is InChI=1S/C13H11N7O6/c1-14-13-8(9(24)19(15-2)11(26)20(13)16-3)17-10(25)18(13)4-12(5-21,6-22)7-23/h21-23H,4-7H2. The minimum atomic E-state index is -2.60. The molecule has 2 rings (SSSR count). The zero-order valence-electron chi connectivity index (χ0n) is 13.0. The first-order chi connectivity index (χ1) is 12.3. The van der Waals surface area contributed by atoms with Crippen molar-refractivity contribution in [1.82, 2.24) is 14.9 Å². The number of carbonyl (C=O) groups is 3. The second-order valence-corrected chi connectivity index (χ2v) is 5.46. The Labute approximate surface area is 146 Å². The van der Waals surface area contributed by atoms with Crippen LogP contribution in [-0.4, -0.2) is 86.1 Å². The van der Waals surface area contributed by atoms with Gasteiger partial charge in [-0.15, -0.1) is 9.91 Å².